The molecule has 0 saturated carbocycles. The van der Waals surface area contributed by atoms with Gasteiger partial charge in [-0.3, -0.25) is 9.69 Å². The normalized spacial score (nSPS) is 16.0. The Morgan fingerprint density at radius 3 is 2.60 bits per heavy atom. The lowest BCUT2D eigenvalue weighted by atomic mass is 10.1. The Morgan fingerprint density at radius 2 is 1.90 bits per heavy atom. The van der Waals surface area contributed by atoms with Crippen LogP contribution in [-0.2, 0) is 10.0 Å². The summed E-state index contributed by atoms with van der Waals surface area (Å²) >= 11 is 1.60. The monoisotopic (exact) mass is 444 g/mol. The number of amides is 1. The number of hydrogen-bond donors (Lipinski definition) is 1. The molecular formula is C21H24N4O3S2. The van der Waals surface area contributed by atoms with Gasteiger partial charge in [0.25, 0.3) is 5.91 Å². The fraction of sp³-hybridized carbons (Fsp3) is 0.333. The van der Waals surface area contributed by atoms with Gasteiger partial charge >= 0.3 is 0 Å². The lowest BCUT2D eigenvalue weighted by molar-refractivity contribution is 0.0946. The van der Waals surface area contributed by atoms with Crippen molar-refractivity contribution < 1.29 is 13.2 Å². The second-order valence-corrected chi connectivity index (χ2v) is 10.2. The smallest absolute Gasteiger partial charge is 0.252 e. The van der Waals surface area contributed by atoms with Crippen molar-refractivity contribution in [2.45, 2.75) is 0 Å². The number of nitrogens with zero attached hydrogens (tertiary/aromatic N) is 3. The maximum absolute atomic E-state index is 13.0. The molecule has 0 unspecified atom stereocenters. The first-order valence-electron chi connectivity index (χ1n) is 9.81. The summed E-state index contributed by atoms with van der Waals surface area (Å²) in [6.45, 7) is 3.51. The Balaban J connectivity index is 1.43. The van der Waals surface area contributed by atoms with Crippen LogP contribution in [0, 0.1) is 0 Å². The lowest BCUT2D eigenvalue weighted by Gasteiger charge is -2.33. The minimum Gasteiger partial charge on any atom is -0.351 e. The Morgan fingerprint density at radius 1 is 1.13 bits per heavy atom. The SMILES string of the molecule is CS(=O)(=O)N1CCN(CCNC(=O)c2cc(-c3cccs3)nc3ccccc23)CC1. The van der Waals surface area contributed by atoms with Crippen molar-refractivity contribution in [3.8, 4) is 10.6 Å². The first kappa shape index (κ1) is 20.9. The first-order valence-corrected chi connectivity index (χ1v) is 12.5. The van der Waals surface area contributed by atoms with Crippen molar-refractivity contribution in [3.63, 3.8) is 0 Å². The summed E-state index contributed by atoms with van der Waals surface area (Å²) in [4.78, 5) is 20.9. The molecule has 1 fully saturated rings. The fourth-order valence-corrected chi connectivity index (χ4v) is 5.13. The molecule has 9 heteroatoms. The quantitative estimate of drug-likeness (QED) is 0.631. The molecule has 0 atom stereocenters. The van der Waals surface area contributed by atoms with Crippen LogP contribution in [0.15, 0.2) is 47.8 Å². The van der Waals surface area contributed by atoms with Crippen molar-refractivity contribution in [2.75, 3.05) is 45.5 Å². The molecule has 0 aliphatic carbocycles. The van der Waals surface area contributed by atoms with E-state index in [2.05, 4.69) is 10.2 Å². The molecule has 158 valence electrons. The number of sulfonamides is 1. The predicted octanol–water partition coefficient (Wildman–Crippen LogP) is 2.27. The maximum atomic E-state index is 13.0. The summed E-state index contributed by atoms with van der Waals surface area (Å²) in [6, 6.07) is 13.5. The molecule has 1 aliphatic rings. The number of carbonyl (C=O) groups excluding carboxylic acids is 1. The van der Waals surface area contributed by atoms with Gasteiger partial charge in [0, 0.05) is 44.7 Å². The Bertz CT molecular complexity index is 1140. The van der Waals surface area contributed by atoms with E-state index in [1.54, 1.807) is 11.3 Å². The Hall–Kier alpha value is -2.33. The summed E-state index contributed by atoms with van der Waals surface area (Å²) in [5.74, 6) is -0.124. The van der Waals surface area contributed by atoms with Crippen LogP contribution in [-0.4, -0.2) is 74.0 Å². The summed E-state index contributed by atoms with van der Waals surface area (Å²) in [6.07, 6.45) is 1.24. The molecule has 2 aromatic heterocycles. The van der Waals surface area contributed by atoms with E-state index >= 15 is 0 Å². The maximum Gasteiger partial charge on any atom is 0.252 e. The number of rotatable bonds is 6. The highest BCUT2D eigenvalue weighted by molar-refractivity contribution is 7.88. The van der Waals surface area contributed by atoms with Crippen LogP contribution in [0.2, 0.25) is 0 Å². The molecule has 1 N–H and O–H groups in total. The van der Waals surface area contributed by atoms with Crippen LogP contribution in [0.1, 0.15) is 10.4 Å². The van der Waals surface area contributed by atoms with Crippen LogP contribution in [0.25, 0.3) is 21.5 Å². The third kappa shape index (κ3) is 4.70. The molecule has 3 aromatic rings. The number of benzene rings is 1. The zero-order valence-corrected chi connectivity index (χ0v) is 18.4. The minimum absolute atomic E-state index is 0.124. The van der Waals surface area contributed by atoms with Crippen LogP contribution >= 0.6 is 11.3 Å². The van der Waals surface area contributed by atoms with Crippen LogP contribution in [0.4, 0.5) is 0 Å². The van der Waals surface area contributed by atoms with E-state index in [-0.39, 0.29) is 5.91 Å². The minimum atomic E-state index is -3.13. The van der Waals surface area contributed by atoms with Gasteiger partial charge in [-0.1, -0.05) is 24.3 Å². The number of aromatic nitrogens is 1. The van der Waals surface area contributed by atoms with E-state index in [4.69, 9.17) is 4.98 Å². The van der Waals surface area contributed by atoms with Gasteiger partial charge in [0.2, 0.25) is 10.0 Å². The summed E-state index contributed by atoms with van der Waals surface area (Å²) in [7, 11) is -3.13. The van der Waals surface area contributed by atoms with Gasteiger partial charge in [-0.25, -0.2) is 13.4 Å². The van der Waals surface area contributed by atoms with Crippen molar-refractivity contribution in [1.82, 2.24) is 19.5 Å². The molecule has 0 spiro atoms. The third-order valence-electron chi connectivity index (χ3n) is 5.25. The van der Waals surface area contributed by atoms with E-state index in [0.29, 0.717) is 44.8 Å². The van der Waals surface area contributed by atoms with E-state index in [1.807, 2.05) is 47.8 Å². The Kier molecular flexibility index (Phi) is 6.14. The van der Waals surface area contributed by atoms with Gasteiger partial charge in [-0.15, -0.1) is 11.3 Å². The number of piperazine rings is 1. The zero-order valence-electron chi connectivity index (χ0n) is 16.7. The van der Waals surface area contributed by atoms with E-state index in [1.165, 1.54) is 10.6 Å². The van der Waals surface area contributed by atoms with E-state index < -0.39 is 10.0 Å². The first-order chi connectivity index (χ1) is 14.4. The number of para-hydroxylation sites is 1. The molecule has 7 nitrogen and oxygen atoms in total. The summed E-state index contributed by atoms with van der Waals surface area (Å²) in [5.41, 5.74) is 2.21. The molecule has 1 amide bonds. The van der Waals surface area contributed by atoms with Crippen molar-refractivity contribution in [2.24, 2.45) is 0 Å². The van der Waals surface area contributed by atoms with Crippen LogP contribution in [0.5, 0.6) is 0 Å². The van der Waals surface area contributed by atoms with Crippen molar-refractivity contribution in [1.29, 1.82) is 0 Å². The number of fused-ring (bicyclic) bond motifs is 1. The highest BCUT2D eigenvalue weighted by atomic mass is 32.2. The van der Waals surface area contributed by atoms with Gasteiger partial charge in [0.15, 0.2) is 0 Å². The standard InChI is InChI=1S/C21H24N4O3S2/c1-30(27,28)25-12-10-24(11-13-25)9-8-22-21(26)17-15-19(20-7-4-14-29-20)23-18-6-3-2-5-16(17)18/h2-7,14-15H,8-13H2,1H3,(H,22,26). The predicted molar refractivity (Wildman–Crippen MR) is 120 cm³/mol. The number of hydrogen-bond acceptors (Lipinski definition) is 6. The third-order valence-corrected chi connectivity index (χ3v) is 7.44. The number of thiophene rings is 1. The molecule has 0 radical (unpaired) electrons. The molecule has 3 heterocycles. The second kappa shape index (κ2) is 8.81. The van der Waals surface area contributed by atoms with Crippen molar-refractivity contribution >= 4 is 38.2 Å². The second-order valence-electron chi connectivity index (χ2n) is 7.31. The Labute approximate surface area is 180 Å². The van der Waals surface area contributed by atoms with Gasteiger partial charge in [-0.2, -0.15) is 4.31 Å². The highest BCUT2D eigenvalue weighted by Crippen LogP contribution is 2.27. The molecule has 4 rings (SSSR count). The van der Waals surface area contributed by atoms with Crippen molar-refractivity contribution in [3.05, 3.63) is 53.4 Å². The van der Waals surface area contributed by atoms with E-state index in [0.717, 1.165) is 21.5 Å². The van der Waals surface area contributed by atoms with E-state index in [9.17, 15) is 13.2 Å². The van der Waals surface area contributed by atoms with Gasteiger partial charge in [0.1, 0.15) is 0 Å². The highest BCUT2D eigenvalue weighted by Gasteiger charge is 2.23. The topological polar surface area (TPSA) is 82.6 Å². The number of nitrogens with one attached hydrogen (secondary N) is 1. The molecule has 1 aliphatic heterocycles. The van der Waals surface area contributed by atoms with Crippen LogP contribution in [0.3, 0.4) is 0 Å². The van der Waals surface area contributed by atoms with Gasteiger partial charge in [0.05, 0.1) is 27.9 Å². The number of carbonyl (C=O) groups is 1. The van der Waals surface area contributed by atoms with Crippen LogP contribution < -0.4 is 5.32 Å². The molecule has 30 heavy (non-hydrogen) atoms. The zero-order chi connectivity index (χ0) is 21.1. The van der Waals surface area contributed by atoms with Gasteiger partial charge < -0.3 is 5.32 Å². The average Bonchev–Trinajstić information content (AvgIpc) is 3.27. The summed E-state index contributed by atoms with van der Waals surface area (Å²) in [5, 5.41) is 5.84. The van der Waals surface area contributed by atoms with Gasteiger partial charge in [-0.05, 0) is 23.6 Å². The molecule has 1 aromatic carbocycles. The summed E-state index contributed by atoms with van der Waals surface area (Å²) < 4.78 is 24.7. The number of pyridine rings is 1. The molecular weight excluding hydrogens is 420 g/mol. The molecule has 0 bridgehead atoms. The largest absolute Gasteiger partial charge is 0.351 e. The molecule has 1 saturated heterocycles. The average molecular weight is 445 g/mol. The lowest BCUT2D eigenvalue weighted by Crippen LogP contribution is -2.49. The fourth-order valence-electron chi connectivity index (χ4n) is 3.62.